The summed E-state index contributed by atoms with van der Waals surface area (Å²) >= 11 is 0. The van der Waals surface area contributed by atoms with Crippen molar-refractivity contribution in [3.8, 4) is 0 Å². The van der Waals surface area contributed by atoms with Crippen LogP contribution in [0.3, 0.4) is 0 Å². The number of carbonyl (C=O) groups is 2. The van der Waals surface area contributed by atoms with Gasteiger partial charge in [-0.05, 0) is 68.1 Å². The smallest absolute Gasteiger partial charge is 0.259 e. The molecule has 0 radical (unpaired) electrons. The molecule has 1 atom stereocenters. The van der Waals surface area contributed by atoms with E-state index in [1.807, 2.05) is 54.6 Å². The van der Waals surface area contributed by atoms with Crippen molar-refractivity contribution in [2.24, 2.45) is 5.92 Å². The second-order valence-corrected chi connectivity index (χ2v) is 9.84. The summed E-state index contributed by atoms with van der Waals surface area (Å²) in [7, 11) is 0. The van der Waals surface area contributed by atoms with Crippen LogP contribution in [-0.4, -0.2) is 42.4 Å². The number of nitrogens with one attached hydrogen (secondary N) is 1. The van der Waals surface area contributed by atoms with Gasteiger partial charge in [-0.15, -0.1) is 0 Å². The SMILES string of the molecule is Cc1ccc(CN2CCC(CNC(=O)[C@@H]3Cc4ccccc4N3C(=O)c3ccccc3)CC2)cc1. The Balaban J connectivity index is 1.18. The number of anilines is 1. The predicted octanol–water partition coefficient (Wildman–Crippen LogP) is 4.59. The number of amides is 2. The fourth-order valence-corrected chi connectivity index (χ4v) is 5.23. The minimum atomic E-state index is -0.512. The number of aryl methyl sites for hydroxylation is 1. The maximum absolute atomic E-state index is 13.4. The van der Waals surface area contributed by atoms with E-state index in [-0.39, 0.29) is 11.8 Å². The Hall–Kier alpha value is -3.44. The summed E-state index contributed by atoms with van der Waals surface area (Å²) in [5.41, 5.74) is 5.12. The van der Waals surface area contributed by atoms with Crippen molar-refractivity contribution in [3.05, 3.63) is 101 Å². The molecule has 0 unspecified atom stereocenters. The molecule has 1 N–H and O–H groups in total. The van der Waals surface area contributed by atoms with E-state index in [1.54, 1.807) is 4.90 Å². The molecule has 1 saturated heterocycles. The minimum absolute atomic E-state index is 0.0624. The monoisotopic (exact) mass is 467 g/mol. The summed E-state index contributed by atoms with van der Waals surface area (Å²) in [4.78, 5) is 30.9. The van der Waals surface area contributed by atoms with Crippen molar-refractivity contribution in [2.45, 2.75) is 38.8 Å². The first-order chi connectivity index (χ1) is 17.1. The van der Waals surface area contributed by atoms with Gasteiger partial charge in [0.05, 0.1) is 0 Å². The highest BCUT2D eigenvalue weighted by atomic mass is 16.2. The van der Waals surface area contributed by atoms with E-state index in [2.05, 4.69) is 41.4 Å². The van der Waals surface area contributed by atoms with Gasteiger partial charge in [0.25, 0.3) is 5.91 Å². The standard InChI is InChI=1S/C30H33N3O2/c1-22-11-13-24(14-12-22)21-32-17-15-23(16-18-32)20-31-29(34)28-19-26-9-5-6-10-27(26)33(28)30(35)25-7-3-2-4-8-25/h2-14,23,28H,15-21H2,1H3,(H,31,34)/t28-/m0/s1. The fourth-order valence-electron chi connectivity index (χ4n) is 5.23. The molecular formula is C30H33N3O2. The first kappa shape index (κ1) is 23.3. The van der Waals surface area contributed by atoms with Crippen LogP contribution in [0.2, 0.25) is 0 Å². The van der Waals surface area contributed by atoms with E-state index in [9.17, 15) is 9.59 Å². The predicted molar refractivity (Wildman–Crippen MR) is 139 cm³/mol. The molecule has 3 aromatic rings. The van der Waals surface area contributed by atoms with Crippen molar-refractivity contribution >= 4 is 17.5 Å². The Morgan fingerprint density at radius 2 is 1.57 bits per heavy atom. The summed E-state index contributed by atoms with van der Waals surface area (Å²) in [6.07, 6.45) is 2.70. The number of carbonyl (C=O) groups excluding carboxylic acids is 2. The van der Waals surface area contributed by atoms with Crippen LogP contribution < -0.4 is 10.2 Å². The van der Waals surface area contributed by atoms with E-state index in [0.717, 1.165) is 43.7 Å². The van der Waals surface area contributed by atoms with Crippen LogP contribution in [0.1, 0.15) is 39.9 Å². The van der Waals surface area contributed by atoms with E-state index in [4.69, 9.17) is 0 Å². The van der Waals surface area contributed by atoms with Crippen molar-refractivity contribution in [3.63, 3.8) is 0 Å². The second kappa shape index (κ2) is 10.4. The third kappa shape index (κ3) is 5.30. The maximum atomic E-state index is 13.4. The zero-order valence-electron chi connectivity index (χ0n) is 20.3. The van der Waals surface area contributed by atoms with Crippen LogP contribution in [0.4, 0.5) is 5.69 Å². The molecule has 35 heavy (non-hydrogen) atoms. The molecular weight excluding hydrogens is 434 g/mol. The highest BCUT2D eigenvalue weighted by Gasteiger charge is 2.38. The molecule has 2 aliphatic heterocycles. The summed E-state index contributed by atoms with van der Waals surface area (Å²) in [6.45, 7) is 5.85. The number of rotatable bonds is 6. The van der Waals surface area contributed by atoms with Gasteiger partial charge in [-0.1, -0.05) is 66.2 Å². The van der Waals surface area contributed by atoms with Crippen LogP contribution in [0.15, 0.2) is 78.9 Å². The van der Waals surface area contributed by atoms with E-state index in [0.29, 0.717) is 24.4 Å². The number of likely N-dealkylation sites (tertiary alicyclic amines) is 1. The zero-order chi connectivity index (χ0) is 24.2. The molecule has 0 aliphatic carbocycles. The van der Waals surface area contributed by atoms with Gasteiger partial charge < -0.3 is 5.32 Å². The number of hydrogen-bond donors (Lipinski definition) is 1. The lowest BCUT2D eigenvalue weighted by Gasteiger charge is -2.32. The molecule has 0 bridgehead atoms. The van der Waals surface area contributed by atoms with Crippen molar-refractivity contribution < 1.29 is 9.59 Å². The molecule has 0 aromatic heterocycles. The topological polar surface area (TPSA) is 52.7 Å². The Bertz CT molecular complexity index is 1170. The molecule has 3 aromatic carbocycles. The van der Waals surface area contributed by atoms with E-state index < -0.39 is 6.04 Å². The summed E-state index contributed by atoms with van der Waals surface area (Å²) in [5.74, 6) is 0.281. The van der Waals surface area contributed by atoms with Gasteiger partial charge in [-0.3, -0.25) is 19.4 Å². The number of benzene rings is 3. The first-order valence-electron chi connectivity index (χ1n) is 12.6. The molecule has 0 saturated carbocycles. The third-order valence-corrected chi connectivity index (χ3v) is 7.32. The van der Waals surface area contributed by atoms with Crippen LogP contribution in [0.5, 0.6) is 0 Å². The van der Waals surface area contributed by atoms with Gasteiger partial charge in [0.15, 0.2) is 0 Å². The third-order valence-electron chi connectivity index (χ3n) is 7.32. The quantitative estimate of drug-likeness (QED) is 0.577. The van der Waals surface area contributed by atoms with Crippen LogP contribution in [0, 0.1) is 12.8 Å². The van der Waals surface area contributed by atoms with Crippen molar-refractivity contribution in [2.75, 3.05) is 24.5 Å². The summed E-state index contributed by atoms with van der Waals surface area (Å²) in [5, 5.41) is 3.18. The largest absolute Gasteiger partial charge is 0.354 e. The van der Waals surface area contributed by atoms with Gasteiger partial charge >= 0.3 is 0 Å². The average Bonchev–Trinajstić information content (AvgIpc) is 3.29. The van der Waals surface area contributed by atoms with Crippen LogP contribution in [0.25, 0.3) is 0 Å². The number of fused-ring (bicyclic) bond motifs is 1. The highest BCUT2D eigenvalue weighted by molar-refractivity contribution is 6.11. The van der Waals surface area contributed by atoms with Gasteiger partial charge in [0.1, 0.15) is 6.04 Å². The van der Waals surface area contributed by atoms with Gasteiger partial charge in [-0.25, -0.2) is 0 Å². The van der Waals surface area contributed by atoms with Gasteiger partial charge in [-0.2, -0.15) is 0 Å². The lowest BCUT2D eigenvalue weighted by Crippen LogP contribution is -2.49. The average molecular weight is 468 g/mol. The van der Waals surface area contributed by atoms with Crippen LogP contribution >= 0.6 is 0 Å². The summed E-state index contributed by atoms with van der Waals surface area (Å²) in [6, 6.07) is 25.3. The lowest BCUT2D eigenvalue weighted by atomic mass is 9.96. The van der Waals surface area contributed by atoms with Crippen LogP contribution in [-0.2, 0) is 17.8 Å². The Kier molecular flexibility index (Phi) is 6.96. The molecule has 2 amide bonds. The Labute approximate surface area is 207 Å². The number of nitrogens with zero attached hydrogens (tertiary/aromatic N) is 2. The van der Waals surface area contributed by atoms with E-state index >= 15 is 0 Å². The second-order valence-electron chi connectivity index (χ2n) is 9.84. The zero-order valence-corrected chi connectivity index (χ0v) is 20.3. The number of piperidine rings is 1. The maximum Gasteiger partial charge on any atom is 0.259 e. The van der Waals surface area contributed by atoms with Gasteiger partial charge in [0.2, 0.25) is 5.91 Å². The number of hydrogen-bond acceptors (Lipinski definition) is 3. The van der Waals surface area contributed by atoms with Crippen molar-refractivity contribution in [1.29, 1.82) is 0 Å². The highest BCUT2D eigenvalue weighted by Crippen LogP contribution is 2.33. The van der Waals surface area contributed by atoms with Crippen molar-refractivity contribution in [1.82, 2.24) is 10.2 Å². The molecule has 5 heteroatoms. The Morgan fingerprint density at radius 1 is 0.886 bits per heavy atom. The molecule has 2 aliphatic rings. The first-order valence-corrected chi connectivity index (χ1v) is 12.6. The molecule has 5 rings (SSSR count). The molecule has 0 spiro atoms. The molecule has 180 valence electrons. The lowest BCUT2D eigenvalue weighted by molar-refractivity contribution is -0.122. The molecule has 2 heterocycles. The molecule has 5 nitrogen and oxygen atoms in total. The van der Waals surface area contributed by atoms with Gasteiger partial charge in [0, 0.05) is 30.8 Å². The molecule has 1 fully saturated rings. The Morgan fingerprint density at radius 3 is 2.31 bits per heavy atom. The minimum Gasteiger partial charge on any atom is -0.354 e. The number of para-hydroxylation sites is 1. The van der Waals surface area contributed by atoms with E-state index in [1.165, 1.54) is 11.1 Å². The normalized spacial score (nSPS) is 18.3. The fraction of sp³-hybridized carbons (Fsp3) is 0.333. The summed E-state index contributed by atoms with van der Waals surface area (Å²) < 4.78 is 0.